The summed E-state index contributed by atoms with van der Waals surface area (Å²) in [4.78, 5) is 11.8. The summed E-state index contributed by atoms with van der Waals surface area (Å²) in [6, 6.07) is 0.919. The molecule has 98 valence electrons. The molecule has 0 bridgehead atoms. The Labute approximate surface area is 105 Å². The molecule has 0 radical (unpaired) electrons. The average Bonchev–Trinajstić information content (AvgIpc) is 2.74. The van der Waals surface area contributed by atoms with Crippen molar-refractivity contribution in [2.45, 2.75) is 82.7 Å². The molecule has 0 heterocycles. The molecule has 0 spiro atoms. The van der Waals surface area contributed by atoms with Crippen LogP contribution in [0.1, 0.15) is 70.6 Å². The number of carbonyl (C=O) groups excluding carboxylic acids is 1. The van der Waals surface area contributed by atoms with Crippen molar-refractivity contribution in [3.05, 3.63) is 0 Å². The van der Waals surface area contributed by atoms with Crippen LogP contribution < -0.4 is 10.6 Å². The summed E-state index contributed by atoms with van der Waals surface area (Å²) in [5.41, 5.74) is 0. The van der Waals surface area contributed by atoms with Gasteiger partial charge in [-0.25, -0.2) is 4.79 Å². The van der Waals surface area contributed by atoms with E-state index in [9.17, 15) is 4.79 Å². The van der Waals surface area contributed by atoms with E-state index in [0.29, 0.717) is 12.1 Å². The van der Waals surface area contributed by atoms with E-state index >= 15 is 0 Å². The van der Waals surface area contributed by atoms with Gasteiger partial charge in [-0.3, -0.25) is 0 Å². The van der Waals surface area contributed by atoms with Gasteiger partial charge in [0.2, 0.25) is 0 Å². The Kier molecular flexibility index (Phi) is 5.14. The molecule has 17 heavy (non-hydrogen) atoms. The second kappa shape index (κ2) is 6.87. The minimum absolute atomic E-state index is 0.0717. The van der Waals surface area contributed by atoms with Crippen LogP contribution in [-0.2, 0) is 0 Å². The molecule has 0 aromatic heterocycles. The fourth-order valence-corrected chi connectivity index (χ4v) is 3.08. The number of hydrogen-bond donors (Lipinski definition) is 2. The number of nitrogens with one attached hydrogen (secondary N) is 2. The lowest BCUT2D eigenvalue weighted by Gasteiger charge is -2.22. The third-order valence-electron chi connectivity index (χ3n) is 4.13. The minimum Gasteiger partial charge on any atom is -0.335 e. The largest absolute Gasteiger partial charge is 0.335 e. The summed E-state index contributed by atoms with van der Waals surface area (Å²) in [7, 11) is 0. The Morgan fingerprint density at radius 3 is 1.47 bits per heavy atom. The Bertz CT molecular complexity index is 228. The van der Waals surface area contributed by atoms with Crippen LogP contribution in [0, 0.1) is 0 Å². The maximum atomic E-state index is 11.8. The molecular formula is C14H26N2O. The van der Waals surface area contributed by atoms with E-state index in [4.69, 9.17) is 0 Å². The summed E-state index contributed by atoms with van der Waals surface area (Å²) < 4.78 is 0. The molecule has 0 aromatic rings. The summed E-state index contributed by atoms with van der Waals surface area (Å²) >= 11 is 0. The molecule has 2 saturated carbocycles. The first-order chi connectivity index (χ1) is 8.34. The van der Waals surface area contributed by atoms with E-state index in [-0.39, 0.29) is 6.03 Å². The molecule has 2 rings (SSSR count). The van der Waals surface area contributed by atoms with Crippen molar-refractivity contribution in [3.63, 3.8) is 0 Å². The normalized spacial score (nSPS) is 24.0. The maximum absolute atomic E-state index is 11.8. The second-order valence-electron chi connectivity index (χ2n) is 5.64. The summed E-state index contributed by atoms with van der Waals surface area (Å²) in [6.07, 6.45) is 13.8. The van der Waals surface area contributed by atoms with Crippen molar-refractivity contribution in [1.82, 2.24) is 10.6 Å². The van der Waals surface area contributed by atoms with Gasteiger partial charge in [0, 0.05) is 12.1 Å². The number of carbonyl (C=O) groups is 1. The van der Waals surface area contributed by atoms with E-state index in [1.165, 1.54) is 44.9 Å². The molecule has 2 N–H and O–H groups in total. The standard InChI is InChI=1S/C14H26N2O/c17-14(16-13-10-6-7-11-13)15-12-8-4-2-1-3-5-9-12/h12-13H,1-11H2,(H2,15,16,17). The van der Waals surface area contributed by atoms with Crippen LogP contribution >= 0.6 is 0 Å². The minimum atomic E-state index is 0.0717. The van der Waals surface area contributed by atoms with E-state index in [2.05, 4.69) is 10.6 Å². The molecule has 0 unspecified atom stereocenters. The third kappa shape index (κ3) is 4.57. The van der Waals surface area contributed by atoms with E-state index in [1.54, 1.807) is 0 Å². The van der Waals surface area contributed by atoms with Crippen LogP contribution in [0.2, 0.25) is 0 Å². The smallest absolute Gasteiger partial charge is 0.315 e. The molecule has 2 amide bonds. The number of urea groups is 1. The van der Waals surface area contributed by atoms with Crippen LogP contribution in [0.5, 0.6) is 0 Å². The fraction of sp³-hybridized carbons (Fsp3) is 0.929. The van der Waals surface area contributed by atoms with Gasteiger partial charge in [0.05, 0.1) is 0 Å². The van der Waals surface area contributed by atoms with E-state index in [0.717, 1.165) is 25.7 Å². The first-order valence-electron chi connectivity index (χ1n) is 7.41. The van der Waals surface area contributed by atoms with Gasteiger partial charge < -0.3 is 10.6 Å². The molecule has 0 atom stereocenters. The van der Waals surface area contributed by atoms with Crippen molar-refractivity contribution in [2.24, 2.45) is 0 Å². The van der Waals surface area contributed by atoms with Gasteiger partial charge in [-0.2, -0.15) is 0 Å². The highest BCUT2D eigenvalue weighted by atomic mass is 16.2. The topological polar surface area (TPSA) is 41.1 Å². The lowest BCUT2D eigenvalue weighted by molar-refractivity contribution is 0.230. The van der Waals surface area contributed by atoms with Crippen molar-refractivity contribution in [3.8, 4) is 0 Å². The highest BCUT2D eigenvalue weighted by Crippen LogP contribution is 2.19. The predicted octanol–water partition coefficient (Wildman–Crippen LogP) is 3.34. The van der Waals surface area contributed by atoms with Crippen LogP contribution in [0.3, 0.4) is 0 Å². The predicted molar refractivity (Wildman–Crippen MR) is 70.0 cm³/mol. The molecular weight excluding hydrogens is 212 g/mol. The molecule has 3 heteroatoms. The Morgan fingerprint density at radius 1 is 0.647 bits per heavy atom. The van der Waals surface area contributed by atoms with Gasteiger partial charge in [0.1, 0.15) is 0 Å². The van der Waals surface area contributed by atoms with Gasteiger partial charge in [0.15, 0.2) is 0 Å². The highest BCUT2D eigenvalue weighted by Gasteiger charge is 2.19. The van der Waals surface area contributed by atoms with Crippen LogP contribution in [-0.4, -0.2) is 18.1 Å². The first kappa shape index (κ1) is 12.7. The maximum Gasteiger partial charge on any atom is 0.315 e. The van der Waals surface area contributed by atoms with Gasteiger partial charge in [-0.05, 0) is 25.7 Å². The third-order valence-corrected chi connectivity index (χ3v) is 4.13. The number of amides is 2. The van der Waals surface area contributed by atoms with Crippen molar-refractivity contribution < 1.29 is 4.79 Å². The zero-order valence-corrected chi connectivity index (χ0v) is 10.8. The van der Waals surface area contributed by atoms with Crippen LogP contribution in [0.15, 0.2) is 0 Å². The Hall–Kier alpha value is -0.730. The van der Waals surface area contributed by atoms with Gasteiger partial charge in [0.25, 0.3) is 0 Å². The summed E-state index contributed by atoms with van der Waals surface area (Å²) in [5, 5.41) is 6.28. The summed E-state index contributed by atoms with van der Waals surface area (Å²) in [6.45, 7) is 0. The monoisotopic (exact) mass is 238 g/mol. The first-order valence-corrected chi connectivity index (χ1v) is 7.41. The second-order valence-corrected chi connectivity index (χ2v) is 5.64. The highest BCUT2D eigenvalue weighted by molar-refractivity contribution is 5.74. The fourth-order valence-electron chi connectivity index (χ4n) is 3.08. The number of rotatable bonds is 2. The molecule has 0 aromatic carbocycles. The zero-order valence-electron chi connectivity index (χ0n) is 10.8. The average molecular weight is 238 g/mol. The van der Waals surface area contributed by atoms with Gasteiger partial charge >= 0.3 is 6.03 Å². The quantitative estimate of drug-likeness (QED) is 0.761. The van der Waals surface area contributed by atoms with E-state index in [1.807, 2.05) is 0 Å². The SMILES string of the molecule is O=C(NC1CCCCCCC1)NC1CCCC1. The number of hydrogen-bond acceptors (Lipinski definition) is 1. The molecule has 2 aliphatic rings. The van der Waals surface area contributed by atoms with Crippen molar-refractivity contribution >= 4 is 6.03 Å². The van der Waals surface area contributed by atoms with Gasteiger partial charge in [-0.15, -0.1) is 0 Å². The van der Waals surface area contributed by atoms with E-state index < -0.39 is 0 Å². The lowest BCUT2D eigenvalue weighted by Crippen LogP contribution is -2.45. The van der Waals surface area contributed by atoms with Crippen LogP contribution in [0.4, 0.5) is 4.79 Å². The van der Waals surface area contributed by atoms with Crippen molar-refractivity contribution in [2.75, 3.05) is 0 Å². The molecule has 2 fully saturated rings. The Morgan fingerprint density at radius 2 is 1.00 bits per heavy atom. The Balaban J connectivity index is 1.68. The zero-order chi connectivity index (χ0) is 11.9. The lowest BCUT2D eigenvalue weighted by atomic mass is 9.97. The van der Waals surface area contributed by atoms with Gasteiger partial charge in [-0.1, -0.05) is 44.9 Å². The molecule has 3 nitrogen and oxygen atoms in total. The van der Waals surface area contributed by atoms with Crippen LogP contribution in [0.25, 0.3) is 0 Å². The summed E-state index contributed by atoms with van der Waals surface area (Å²) in [5.74, 6) is 0. The molecule has 0 aliphatic heterocycles. The van der Waals surface area contributed by atoms with Crippen molar-refractivity contribution in [1.29, 1.82) is 0 Å². The molecule has 2 aliphatic carbocycles. The molecule has 0 saturated heterocycles.